The number of halogens is 2. The van der Waals surface area contributed by atoms with Gasteiger partial charge in [0.2, 0.25) is 0 Å². The lowest BCUT2D eigenvalue weighted by Crippen LogP contribution is -1.93. The predicted molar refractivity (Wildman–Crippen MR) is 82.0 cm³/mol. The minimum Gasteiger partial charge on any atom is -0.357 e. The largest absolute Gasteiger partial charge is 0.357 e. The first-order chi connectivity index (χ1) is 9.70. The van der Waals surface area contributed by atoms with Gasteiger partial charge in [-0.1, -0.05) is 23.7 Å². The Morgan fingerprint density at radius 1 is 1.15 bits per heavy atom. The van der Waals surface area contributed by atoms with E-state index in [1.165, 1.54) is 28.1 Å². The van der Waals surface area contributed by atoms with Crippen LogP contribution < -0.4 is 0 Å². The van der Waals surface area contributed by atoms with E-state index < -0.39 is 0 Å². The van der Waals surface area contributed by atoms with Crippen molar-refractivity contribution < 1.29 is 4.39 Å². The van der Waals surface area contributed by atoms with E-state index in [1.54, 1.807) is 0 Å². The van der Waals surface area contributed by atoms with Crippen molar-refractivity contribution in [2.45, 2.75) is 16.6 Å². The van der Waals surface area contributed by atoms with E-state index in [1.807, 2.05) is 42.1 Å². The third-order valence-electron chi connectivity index (χ3n) is 3.68. The summed E-state index contributed by atoms with van der Waals surface area (Å²) in [6.45, 7) is 0. The molecule has 4 rings (SSSR count). The van der Waals surface area contributed by atoms with Crippen LogP contribution in [0.25, 0.3) is 10.9 Å². The molecular weight excluding hydrogens is 293 g/mol. The highest BCUT2D eigenvalue weighted by molar-refractivity contribution is 8.00. The van der Waals surface area contributed by atoms with E-state index in [2.05, 4.69) is 4.98 Å². The van der Waals surface area contributed by atoms with Crippen LogP contribution in [0.3, 0.4) is 0 Å². The first-order valence-corrected chi connectivity index (χ1v) is 7.69. The molecule has 0 aliphatic carbocycles. The lowest BCUT2D eigenvalue weighted by Gasteiger charge is -2.09. The van der Waals surface area contributed by atoms with Crippen LogP contribution in [0.15, 0.2) is 47.4 Å². The number of benzene rings is 2. The molecule has 4 heteroatoms. The van der Waals surface area contributed by atoms with Gasteiger partial charge in [-0.2, -0.15) is 0 Å². The first-order valence-electron chi connectivity index (χ1n) is 6.43. The molecule has 1 nitrogen and oxygen atoms in total. The molecule has 0 saturated heterocycles. The minimum absolute atomic E-state index is 0.188. The van der Waals surface area contributed by atoms with Gasteiger partial charge in [0.15, 0.2) is 0 Å². The van der Waals surface area contributed by atoms with Crippen molar-refractivity contribution in [3.8, 4) is 0 Å². The van der Waals surface area contributed by atoms with Gasteiger partial charge in [0.25, 0.3) is 0 Å². The summed E-state index contributed by atoms with van der Waals surface area (Å²) in [5, 5.41) is 2.28. The molecule has 100 valence electrons. The lowest BCUT2D eigenvalue weighted by atomic mass is 10.1. The normalized spacial score (nSPS) is 17.6. The second-order valence-electron chi connectivity index (χ2n) is 4.98. The third kappa shape index (κ3) is 1.93. The maximum atomic E-state index is 13.0. The molecule has 0 fully saturated rings. The molecule has 1 aromatic heterocycles. The third-order valence-corrected chi connectivity index (χ3v) is 5.34. The second kappa shape index (κ2) is 4.54. The van der Waals surface area contributed by atoms with Crippen LogP contribution in [0.1, 0.15) is 16.5 Å². The maximum Gasteiger partial charge on any atom is 0.123 e. The lowest BCUT2D eigenvalue weighted by molar-refractivity contribution is 0.627. The topological polar surface area (TPSA) is 15.8 Å². The molecule has 20 heavy (non-hydrogen) atoms. The number of hydrogen-bond acceptors (Lipinski definition) is 1. The molecule has 1 N–H and O–H groups in total. The van der Waals surface area contributed by atoms with Crippen molar-refractivity contribution in [2.75, 3.05) is 0 Å². The average Bonchev–Trinajstić information content (AvgIpc) is 2.98. The van der Waals surface area contributed by atoms with E-state index in [0.29, 0.717) is 5.25 Å². The number of nitrogens with one attached hydrogen (secondary N) is 1. The van der Waals surface area contributed by atoms with E-state index in [4.69, 9.17) is 11.6 Å². The highest BCUT2D eigenvalue weighted by Gasteiger charge is 2.27. The van der Waals surface area contributed by atoms with Gasteiger partial charge >= 0.3 is 0 Å². The van der Waals surface area contributed by atoms with Crippen LogP contribution in [-0.4, -0.2) is 4.98 Å². The standard InChI is InChI=1S/C16H11ClFNS/c17-10-3-6-13-12(7-10)16-14(19-13)8-15(20-16)9-1-4-11(18)5-2-9/h1-7,15,19H,8H2. The fraction of sp³-hybridized carbons (Fsp3) is 0.125. The molecule has 0 bridgehead atoms. The summed E-state index contributed by atoms with van der Waals surface area (Å²) in [7, 11) is 0. The van der Waals surface area contributed by atoms with Gasteiger partial charge in [-0.05, 0) is 35.9 Å². The van der Waals surface area contributed by atoms with E-state index in [-0.39, 0.29) is 5.82 Å². The highest BCUT2D eigenvalue weighted by Crippen LogP contribution is 2.49. The Labute approximate surface area is 125 Å². The number of aromatic nitrogens is 1. The van der Waals surface area contributed by atoms with Crippen LogP contribution in [0.2, 0.25) is 5.02 Å². The predicted octanol–water partition coefficient (Wildman–Crippen LogP) is 5.35. The van der Waals surface area contributed by atoms with Crippen LogP contribution >= 0.6 is 23.4 Å². The fourth-order valence-corrected chi connectivity index (χ4v) is 4.28. The Kier molecular flexibility index (Phi) is 2.79. The Morgan fingerprint density at radius 3 is 2.75 bits per heavy atom. The van der Waals surface area contributed by atoms with Gasteiger partial charge in [0, 0.05) is 38.2 Å². The quantitative estimate of drug-likeness (QED) is 0.640. The van der Waals surface area contributed by atoms with Crippen molar-refractivity contribution in [2.24, 2.45) is 0 Å². The van der Waals surface area contributed by atoms with Gasteiger partial charge < -0.3 is 4.98 Å². The Hall–Kier alpha value is -1.45. The molecule has 2 heterocycles. The summed E-state index contributed by atoms with van der Waals surface area (Å²) >= 11 is 7.91. The number of aromatic amines is 1. The van der Waals surface area contributed by atoms with Crippen molar-refractivity contribution >= 4 is 34.3 Å². The van der Waals surface area contributed by atoms with Crippen molar-refractivity contribution in [1.82, 2.24) is 4.98 Å². The van der Waals surface area contributed by atoms with Crippen LogP contribution in [0.5, 0.6) is 0 Å². The number of hydrogen-bond donors (Lipinski definition) is 1. The molecular formula is C16H11ClFNS. The number of fused-ring (bicyclic) bond motifs is 3. The molecule has 1 unspecified atom stereocenters. The van der Waals surface area contributed by atoms with Gasteiger partial charge in [-0.15, -0.1) is 11.8 Å². The second-order valence-corrected chi connectivity index (χ2v) is 6.63. The smallest absolute Gasteiger partial charge is 0.123 e. The summed E-state index contributed by atoms with van der Waals surface area (Å²) in [5.41, 5.74) is 3.54. The molecule has 0 saturated carbocycles. The van der Waals surface area contributed by atoms with E-state index in [9.17, 15) is 4.39 Å². The number of H-pyrrole nitrogens is 1. The summed E-state index contributed by atoms with van der Waals surface area (Å²) in [6.07, 6.45) is 0.942. The highest BCUT2D eigenvalue weighted by atomic mass is 35.5. The average molecular weight is 304 g/mol. The summed E-state index contributed by atoms with van der Waals surface area (Å²) < 4.78 is 13.0. The summed E-state index contributed by atoms with van der Waals surface area (Å²) in [4.78, 5) is 4.74. The molecule has 3 aromatic rings. The Bertz CT molecular complexity index is 794. The van der Waals surface area contributed by atoms with Gasteiger partial charge in [-0.3, -0.25) is 0 Å². The Morgan fingerprint density at radius 2 is 1.95 bits per heavy atom. The SMILES string of the molecule is Fc1ccc(C2Cc3[nH]c4ccc(Cl)cc4c3S2)cc1. The van der Waals surface area contributed by atoms with Crippen molar-refractivity contribution in [1.29, 1.82) is 0 Å². The summed E-state index contributed by atoms with van der Waals surface area (Å²) in [5.74, 6) is -0.188. The van der Waals surface area contributed by atoms with Gasteiger partial charge in [-0.25, -0.2) is 4.39 Å². The number of rotatable bonds is 1. The first kappa shape index (κ1) is 12.3. The van der Waals surface area contributed by atoms with Crippen LogP contribution in [0, 0.1) is 5.82 Å². The molecule has 0 amide bonds. The Balaban J connectivity index is 1.73. The van der Waals surface area contributed by atoms with Gasteiger partial charge in [0.1, 0.15) is 5.82 Å². The number of thioether (sulfide) groups is 1. The molecule has 1 aliphatic rings. The van der Waals surface area contributed by atoms with Crippen LogP contribution in [-0.2, 0) is 6.42 Å². The van der Waals surface area contributed by atoms with E-state index >= 15 is 0 Å². The van der Waals surface area contributed by atoms with E-state index in [0.717, 1.165) is 22.5 Å². The monoisotopic (exact) mass is 303 g/mol. The van der Waals surface area contributed by atoms with Crippen LogP contribution in [0.4, 0.5) is 4.39 Å². The molecule has 2 aromatic carbocycles. The van der Waals surface area contributed by atoms with Crippen molar-refractivity contribution in [3.63, 3.8) is 0 Å². The zero-order valence-electron chi connectivity index (χ0n) is 10.5. The molecule has 0 spiro atoms. The van der Waals surface area contributed by atoms with Crippen molar-refractivity contribution in [3.05, 3.63) is 64.6 Å². The molecule has 1 aliphatic heterocycles. The zero-order valence-corrected chi connectivity index (χ0v) is 12.1. The maximum absolute atomic E-state index is 13.0. The zero-order chi connectivity index (χ0) is 13.7. The minimum atomic E-state index is -0.188. The van der Waals surface area contributed by atoms with Gasteiger partial charge in [0.05, 0.1) is 0 Å². The summed E-state index contributed by atoms with van der Waals surface area (Å²) in [6, 6.07) is 12.7. The molecule has 0 radical (unpaired) electrons. The fourth-order valence-electron chi connectivity index (χ4n) is 2.71. The molecule has 1 atom stereocenters.